The zero-order valence-corrected chi connectivity index (χ0v) is 18.6. The molecule has 31 heavy (non-hydrogen) atoms. The van der Waals surface area contributed by atoms with Crippen molar-refractivity contribution in [2.24, 2.45) is 5.92 Å². The average Bonchev–Trinajstić information content (AvgIpc) is 2.71. The van der Waals surface area contributed by atoms with Gasteiger partial charge in [-0.05, 0) is 55.2 Å². The van der Waals surface area contributed by atoms with Gasteiger partial charge in [0, 0.05) is 5.56 Å². The minimum atomic E-state index is -4.18. The Kier molecular flexibility index (Phi) is 8.01. The number of methoxy groups -OCH3 is 1. The molecule has 2 aromatic rings. The Hall–Kier alpha value is -3.11. The number of aryl methyl sites for hydroxylation is 1. The van der Waals surface area contributed by atoms with Gasteiger partial charge in [0.25, 0.3) is 15.9 Å². The van der Waals surface area contributed by atoms with E-state index in [1.165, 1.54) is 31.4 Å². The van der Waals surface area contributed by atoms with E-state index in [4.69, 9.17) is 14.6 Å². The second-order valence-electron chi connectivity index (χ2n) is 7.24. The number of hydrogen-bond donors (Lipinski definition) is 3. The van der Waals surface area contributed by atoms with Crippen molar-refractivity contribution in [3.05, 3.63) is 53.1 Å². The van der Waals surface area contributed by atoms with Crippen molar-refractivity contribution in [2.75, 3.05) is 13.7 Å². The third kappa shape index (κ3) is 6.43. The van der Waals surface area contributed by atoms with E-state index in [-0.39, 0.29) is 16.0 Å². The second kappa shape index (κ2) is 10.3. The van der Waals surface area contributed by atoms with Crippen LogP contribution in [-0.4, -0.2) is 39.1 Å². The summed E-state index contributed by atoms with van der Waals surface area (Å²) in [6.07, 6.45) is 0.857. The van der Waals surface area contributed by atoms with E-state index in [2.05, 4.69) is 19.3 Å². The molecule has 0 aliphatic rings. The highest BCUT2D eigenvalue weighted by molar-refractivity contribution is 7.89. The lowest BCUT2D eigenvalue weighted by atomic mass is 10.1. The fourth-order valence-corrected chi connectivity index (χ4v) is 3.44. The maximum Gasteiger partial charge on any atom is 0.335 e. The number of carbonyl (C=O) groups is 2. The van der Waals surface area contributed by atoms with Crippen LogP contribution in [0, 0.1) is 12.8 Å². The summed E-state index contributed by atoms with van der Waals surface area (Å²) in [6, 6.07) is 8.14. The van der Waals surface area contributed by atoms with Gasteiger partial charge in [0.2, 0.25) is 0 Å². The Morgan fingerprint density at radius 2 is 1.81 bits per heavy atom. The molecule has 0 fully saturated rings. The molecular formula is C21H26N2O7S. The fourth-order valence-electron chi connectivity index (χ4n) is 2.58. The molecule has 2 rings (SSSR count). The van der Waals surface area contributed by atoms with Crippen LogP contribution in [0.1, 0.15) is 46.5 Å². The number of ether oxygens (including phenoxy) is 2. The number of amides is 1. The topological polar surface area (TPSA) is 131 Å². The summed E-state index contributed by atoms with van der Waals surface area (Å²) in [6.45, 7) is 6.20. The number of sulfonamides is 1. The summed E-state index contributed by atoms with van der Waals surface area (Å²) >= 11 is 0. The van der Waals surface area contributed by atoms with E-state index in [1.807, 2.05) is 4.83 Å². The molecule has 0 heterocycles. The first-order valence-corrected chi connectivity index (χ1v) is 11.0. The van der Waals surface area contributed by atoms with E-state index in [0.29, 0.717) is 29.6 Å². The lowest BCUT2D eigenvalue weighted by Gasteiger charge is -2.13. The van der Waals surface area contributed by atoms with Gasteiger partial charge in [-0.2, -0.15) is 0 Å². The zero-order valence-electron chi connectivity index (χ0n) is 17.8. The van der Waals surface area contributed by atoms with Crippen molar-refractivity contribution in [1.82, 2.24) is 10.3 Å². The summed E-state index contributed by atoms with van der Waals surface area (Å²) < 4.78 is 35.8. The summed E-state index contributed by atoms with van der Waals surface area (Å²) in [5.74, 6) is -0.684. The monoisotopic (exact) mass is 450 g/mol. The predicted octanol–water partition coefficient (Wildman–Crippen LogP) is 2.75. The van der Waals surface area contributed by atoms with Gasteiger partial charge in [-0.15, -0.1) is 4.83 Å². The summed E-state index contributed by atoms with van der Waals surface area (Å²) in [7, 11) is -2.74. The first-order valence-electron chi connectivity index (χ1n) is 9.52. The van der Waals surface area contributed by atoms with Crippen LogP contribution in [0.4, 0.5) is 0 Å². The van der Waals surface area contributed by atoms with E-state index in [9.17, 15) is 18.0 Å². The molecule has 10 heteroatoms. The Bertz CT molecular complexity index is 1070. The number of benzene rings is 2. The molecule has 2 aromatic carbocycles. The molecule has 168 valence electrons. The quantitative estimate of drug-likeness (QED) is 0.474. The molecule has 0 bridgehead atoms. The maximum atomic E-state index is 12.4. The van der Waals surface area contributed by atoms with Gasteiger partial charge in [-0.1, -0.05) is 19.9 Å². The second-order valence-corrected chi connectivity index (χ2v) is 8.92. The van der Waals surface area contributed by atoms with Gasteiger partial charge in [0.1, 0.15) is 0 Å². The van der Waals surface area contributed by atoms with Gasteiger partial charge in [-0.25, -0.2) is 13.2 Å². The molecule has 1 amide bonds. The Balaban J connectivity index is 2.11. The van der Waals surface area contributed by atoms with Gasteiger partial charge >= 0.3 is 5.97 Å². The smallest absolute Gasteiger partial charge is 0.335 e. The number of carboxylic acids is 1. The minimum Gasteiger partial charge on any atom is -0.493 e. The average molecular weight is 451 g/mol. The highest BCUT2D eigenvalue weighted by Gasteiger charge is 2.19. The number of carboxylic acid groups (broad SMARTS) is 1. The molecule has 3 N–H and O–H groups in total. The number of carbonyl (C=O) groups excluding carboxylic acids is 1. The van der Waals surface area contributed by atoms with Crippen LogP contribution in [-0.2, 0) is 10.0 Å². The molecule has 0 aliphatic heterocycles. The van der Waals surface area contributed by atoms with Crippen molar-refractivity contribution >= 4 is 21.9 Å². The SMILES string of the molecule is COc1cc(C(=O)NNS(=O)(=O)c2ccc(C)c(C(=O)O)c2)ccc1OCCC(C)C. The molecule has 0 unspecified atom stereocenters. The summed E-state index contributed by atoms with van der Waals surface area (Å²) in [5.41, 5.74) is 2.52. The van der Waals surface area contributed by atoms with Crippen LogP contribution in [0.5, 0.6) is 11.5 Å². The van der Waals surface area contributed by atoms with Gasteiger partial charge in [0.15, 0.2) is 11.5 Å². The number of aromatic carboxylic acids is 1. The van der Waals surface area contributed by atoms with Crippen molar-refractivity contribution in [3.8, 4) is 11.5 Å². The Morgan fingerprint density at radius 1 is 1.10 bits per heavy atom. The molecule has 0 spiro atoms. The van der Waals surface area contributed by atoms with Crippen LogP contribution >= 0.6 is 0 Å². The molecule has 0 saturated heterocycles. The molecule has 0 radical (unpaired) electrons. The van der Waals surface area contributed by atoms with Crippen molar-refractivity contribution in [3.63, 3.8) is 0 Å². The molecular weight excluding hydrogens is 424 g/mol. The van der Waals surface area contributed by atoms with E-state index >= 15 is 0 Å². The van der Waals surface area contributed by atoms with Crippen molar-refractivity contribution in [2.45, 2.75) is 32.1 Å². The maximum absolute atomic E-state index is 12.4. The predicted molar refractivity (Wildman–Crippen MR) is 114 cm³/mol. The Labute approximate surface area is 181 Å². The summed E-state index contributed by atoms with van der Waals surface area (Å²) in [4.78, 5) is 25.3. The lowest BCUT2D eigenvalue weighted by Crippen LogP contribution is -2.41. The standard InChI is InChI=1S/C21H26N2O7S/c1-13(2)9-10-30-18-8-6-15(11-19(18)29-4)20(24)22-23-31(27,28)16-7-5-14(3)17(12-16)21(25)26/h5-8,11-13,23H,9-10H2,1-4H3,(H,22,24)(H,25,26). The third-order valence-electron chi connectivity index (χ3n) is 4.43. The van der Waals surface area contributed by atoms with Crippen LogP contribution in [0.15, 0.2) is 41.3 Å². The Morgan fingerprint density at radius 3 is 2.42 bits per heavy atom. The van der Waals surface area contributed by atoms with Crippen LogP contribution < -0.4 is 19.7 Å². The molecule has 0 saturated carbocycles. The first-order chi connectivity index (χ1) is 14.5. The summed E-state index contributed by atoms with van der Waals surface area (Å²) in [5, 5.41) is 9.17. The van der Waals surface area contributed by atoms with E-state index in [0.717, 1.165) is 12.5 Å². The van der Waals surface area contributed by atoms with Crippen LogP contribution in [0.25, 0.3) is 0 Å². The highest BCUT2D eigenvalue weighted by Crippen LogP contribution is 2.28. The van der Waals surface area contributed by atoms with Gasteiger partial charge < -0.3 is 14.6 Å². The molecule has 0 aromatic heterocycles. The lowest BCUT2D eigenvalue weighted by molar-refractivity contribution is 0.0695. The van der Waals surface area contributed by atoms with Crippen molar-refractivity contribution < 1.29 is 32.6 Å². The zero-order chi connectivity index (χ0) is 23.2. The molecule has 0 atom stereocenters. The number of nitrogens with one attached hydrogen (secondary N) is 2. The van der Waals surface area contributed by atoms with E-state index in [1.54, 1.807) is 13.0 Å². The minimum absolute atomic E-state index is 0.144. The highest BCUT2D eigenvalue weighted by atomic mass is 32.2. The largest absolute Gasteiger partial charge is 0.493 e. The van der Waals surface area contributed by atoms with Crippen LogP contribution in [0.2, 0.25) is 0 Å². The first kappa shape index (κ1) is 24.2. The van der Waals surface area contributed by atoms with Crippen LogP contribution in [0.3, 0.4) is 0 Å². The van der Waals surface area contributed by atoms with E-state index < -0.39 is 21.9 Å². The third-order valence-corrected chi connectivity index (χ3v) is 5.67. The molecule has 0 aliphatic carbocycles. The normalized spacial score (nSPS) is 11.3. The molecule has 9 nitrogen and oxygen atoms in total. The van der Waals surface area contributed by atoms with Gasteiger partial charge in [-0.3, -0.25) is 10.2 Å². The number of hydrazine groups is 1. The van der Waals surface area contributed by atoms with Crippen molar-refractivity contribution in [1.29, 1.82) is 0 Å². The number of hydrogen-bond acceptors (Lipinski definition) is 6. The number of rotatable bonds is 10. The van der Waals surface area contributed by atoms with Gasteiger partial charge in [0.05, 0.1) is 24.2 Å². The fraction of sp³-hybridized carbons (Fsp3) is 0.333.